The average Bonchev–Trinajstić information content (AvgIpc) is 2.70. The lowest BCUT2D eigenvalue weighted by atomic mass is 10.1. The number of benzene rings is 2. The minimum atomic E-state index is -3.79. The van der Waals surface area contributed by atoms with Crippen molar-refractivity contribution in [2.45, 2.75) is 44.8 Å². The molecule has 2 aromatic carbocycles. The fraction of sp³-hybridized carbons (Fsp3) is 0.381. The molecule has 4 N–H and O–H groups in total. The summed E-state index contributed by atoms with van der Waals surface area (Å²) in [5, 5.41) is 10.9. The van der Waals surface area contributed by atoms with Crippen LogP contribution in [0.2, 0.25) is 0 Å². The van der Waals surface area contributed by atoms with E-state index in [-0.39, 0.29) is 17.0 Å². The van der Waals surface area contributed by atoms with Gasteiger partial charge >= 0.3 is 6.03 Å². The fourth-order valence-corrected chi connectivity index (χ4v) is 3.61. The Morgan fingerprint density at radius 2 is 1.72 bits per heavy atom. The molecule has 2 aromatic rings. The highest BCUT2D eigenvalue weighted by atomic mass is 32.2. The van der Waals surface area contributed by atoms with Gasteiger partial charge in [-0.15, -0.1) is 0 Å². The third kappa shape index (κ3) is 6.85. The van der Waals surface area contributed by atoms with Crippen molar-refractivity contribution in [1.82, 2.24) is 15.5 Å². The summed E-state index contributed by atoms with van der Waals surface area (Å²) < 4.78 is 23.0. The molecule has 0 aromatic heterocycles. The topological polar surface area (TPSA) is 105 Å². The van der Waals surface area contributed by atoms with E-state index in [1.54, 1.807) is 19.1 Å². The molecule has 1 atom stereocenters. The van der Waals surface area contributed by atoms with Crippen LogP contribution >= 0.6 is 0 Å². The number of sulfonamides is 1. The van der Waals surface area contributed by atoms with E-state index in [9.17, 15) is 13.2 Å². The monoisotopic (exact) mass is 418 g/mol. The predicted octanol–water partition coefficient (Wildman–Crippen LogP) is 2.74. The van der Waals surface area contributed by atoms with E-state index in [1.165, 1.54) is 17.7 Å². The van der Waals surface area contributed by atoms with Crippen LogP contribution in [-0.4, -0.2) is 32.4 Å². The standard InChI is InChI=1S/C21H30N4O3S/c1-4-25(5-2)15-19-10-7-6-9-18(19)14-23-21(26)24-16(3)17-11-8-12-20(13-17)29(22,27)28/h6-13,16H,4-5,14-15H2,1-3H3,(H2,22,27,28)(H2,23,24,26). The lowest BCUT2D eigenvalue weighted by Crippen LogP contribution is -2.37. The van der Waals surface area contributed by atoms with Gasteiger partial charge in [-0.25, -0.2) is 18.4 Å². The van der Waals surface area contributed by atoms with Crippen LogP contribution in [-0.2, 0) is 23.1 Å². The molecule has 0 saturated carbocycles. The Kier molecular flexibility index (Phi) is 8.19. The van der Waals surface area contributed by atoms with E-state index in [0.717, 1.165) is 25.2 Å². The minimum absolute atomic E-state index is 0.0226. The van der Waals surface area contributed by atoms with Gasteiger partial charge in [0.05, 0.1) is 10.9 Å². The van der Waals surface area contributed by atoms with E-state index in [0.29, 0.717) is 12.1 Å². The molecule has 0 spiro atoms. The van der Waals surface area contributed by atoms with Crippen LogP contribution in [0.4, 0.5) is 4.79 Å². The summed E-state index contributed by atoms with van der Waals surface area (Å²) in [5.41, 5.74) is 2.91. The van der Waals surface area contributed by atoms with Crippen LogP contribution in [0, 0.1) is 0 Å². The van der Waals surface area contributed by atoms with Crippen molar-refractivity contribution in [2.75, 3.05) is 13.1 Å². The molecule has 0 radical (unpaired) electrons. The van der Waals surface area contributed by atoms with Crippen LogP contribution in [0.1, 0.15) is 43.5 Å². The van der Waals surface area contributed by atoms with E-state index in [1.807, 2.05) is 18.2 Å². The number of carbonyl (C=O) groups excluding carboxylic acids is 1. The molecule has 1 unspecified atom stereocenters. The first-order chi connectivity index (χ1) is 13.7. The van der Waals surface area contributed by atoms with Crippen LogP contribution in [0.3, 0.4) is 0 Å². The molecule has 8 heteroatoms. The normalized spacial score (nSPS) is 12.6. The molecule has 7 nitrogen and oxygen atoms in total. The minimum Gasteiger partial charge on any atom is -0.334 e. The number of nitrogens with zero attached hydrogens (tertiary/aromatic N) is 1. The number of carbonyl (C=O) groups is 1. The van der Waals surface area contributed by atoms with Gasteiger partial charge in [0.15, 0.2) is 0 Å². The summed E-state index contributed by atoms with van der Waals surface area (Å²) in [4.78, 5) is 14.7. The van der Waals surface area contributed by atoms with Crippen molar-refractivity contribution < 1.29 is 13.2 Å². The van der Waals surface area contributed by atoms with Gasteiger partial charge in [-0.2, -0.15) is 0 Å². The van der Waals surface area contributed by atoms with E-state index in [4.69, 9.17) is 5.14 Å². The highest BCUT2D eigenvalue weighted by Gasteiger charge is 2.14. The molecular weight excluding hydrogens is 388 g/mol. The number of rotatable bonds is 9. The molecule has 0 aliphatic heterocycles. The molecule has 0 bridgehead atoms. The van der Waals surface area contributed by atoms with Crippen molar-refractivity contribution in [3.05, 3.63) is 65.2 Å². The molecule has 2 amide bonds. The maximum Gasteiger partial charge on any atom is 0.315 e. The van der Waals surface area contributed by atoms with E-state index < -0.39 is 10.0 Å². The SMILES string of the molecule is CCN(CC)Cc1ccccc1CNC(=O)NC(C)c1cccc(S(N)(=O)=O)c1. The molecule has 0 saturated heterocycles. The summed E-state index contributed by atoms with van der Waals surface area (Å²) in [6.07, 6.45) is 0. The lowest BCUT2D eigenvalue weighted by Gasteiger charge is -2.20. The van der Waals surface area contributed by atoms with Gasteiger partial charge in [0, 0.05) is 13.1 Å². The Morgan fingerprint density at radius 3 is 2.34 bits per heavy atom. The molecule has 2 rings (SSSR count). The maximum atomic E-state index is 12.4. The Balaban J connectivity index is 1.99. The Labute approximate surface area is 173 Å². The van der Waals surface area contributed by atoms with Gasteiger partial charge in [0.25, 0.3) is 0 Å². The van der Waals surface area contributed by atoms with Gasteiger partial charge in [0.2, 0.25) is 10.0 Å². The maximum absolute atomic E-state index is 12.4. The zero-order valence-corrected chi connectivity index (χ0v) is 18.0. The highest BCUT2D eigenvalue weighted by molar-refractivity contribution is 7.89. The second kappa shape index (κ2) is 10.4. The molecule has 0 aliphatic rings. The Bertz CT molecular complexity index is 927. The van der Waals surface area contributed by atoms with Gasteiger partial charge in [0.1, 0.15) is 0 Å². The van der Waals surface area contributed by atoms with Gasteiger partial charge in [-0.05, 0) is 48.8 Å². The number of primary sulfonamides is 1. The number of nitrogens with two attached hydrogens (primary N) is 1. The van der Waals surface area contributed by atoms with Gasteiger partial charge in [-0.3, -0.25) is 4.90 Å². The average molecular weight is 419 g/mol. The van der Waals surface area contributed by atoms with Crippen LogP contribution in [0.15, 0.2) is 53.4 Å². The summed E-state index contributed by atoms with van der Waals surface area (Å²) >= 11 is 0. The third-order valence-electron chi connectivity index (χ3n) is 4.88. The third-order valence-corrected chi connectivity index (χ3v) is 5.79. The van der Waals surface area contributed by atoms with Gasteiger partial charge < -0.3 is 10.6 Å². The first-order valence-electron chi connectivity index (χ1n) is 9.70. The molecule has 0 aliphatic carbocycles. The largest absolute Gasteiger partial charge is 0.334 e. The fourth-order valence-electron chi connectivity index (χ4n) is 3.04. The number of urea groups is 1. The van der Waals surface area contributed by atoms with Crippen molar-refractivity contribution in [2.24, 2.45) is 5.14 Å². The zero-order chi connectivity index (χ0) is 21.4. The summed E-state index contributed by atoms with van der Waals surface area (Å²) in [6.45, 7) is 9.22. The quantitative estimate of drug-likeness (QED) is 0.582. The zero-order valence-electron chi connectivity index (χ0n) is 17.2. The summed E-state index contributed by atoms with van der Waals surface area (Å²) in [7, 11) is -3.79. The lowest BCUT2D eigenvalue weighted by molar-refractivity contribution is 0.237. The first-order valence-corrected chi connectivity index (χ1v) is 11.3. The second-order valence-corrected chi connectivity index (χ2v) is 8.46. The smallest absolute Gasteiger partial charge is 0.315 e. The number of hydrogen-bond acceptors (Lipinski definition) is 4. The molecule has 0 fully saturated rings. The predicted molar refractivity (Wildman–Crippen MR) is 115 cm³/mol. The second-order valence-electron chi connectivity index (χ2n) is 6.90. The Morgan fingerprint density at radius 1 is 1.07 bits per heavy atom. The van der Waals surface area contributed by atoms with Gasteiger partial charge in [-0.1, -0.05) is 50.2 Å². The van der Waals surface area contributed by atoms with Crippen molar-refractivity contribution in [1.29, 1.82) is 0 Å². The van der Waals surface area contributed by atoms with E-state index >= 15 is 0 Å². The first kappa shape index (κ1) is 22.9. The Hall–Kier alpha value is -2.42. The summed E-state index contributed by atoms with van der Waals surface area (Å²) in [5.74, 6) is 0. The molecule has 29 heavy (non-hydrogen) atoms. The van der Waals surface area contributed by atoms with E-state index in [2.05, 4.69) is 35.4 Å². The summed E-state index contributed by atoms with van der Waals surface area (Å²) in [6, 6.07) is 13.6. The van der Waals surface area contributed by atoms with Crippen molar-refractivity contribution >= 4 is 16.1 Å². The van der Waals surface area contributed by atoms with Crippen LogP contribution in [0.5, 0.6) is 0 Å². The number of nitrogens with one attached hydrogen (secondary N) is 2. The van der Waals surface area contributed by atoms with Crippen molar-refractivity contribution in [3.63, 3.8) is 0 Å². The number of amides is 2. The van der Waals surface area contributed by atoms with Crippen LogP contribution in [0.25, 0.3) is 0 Å². The van der Waals surface area contributed by atoms with Crippen molar-refractivity contribution in [3.8, 4) is 0 Å². The molecular formula is C21H30N4O3S. The molecule has 158 valence electrons. The molecule has 0 heterocycles. The highest BCUT2D eigenvalue weighted by Crippen LogP contribution is 2.17. The number of hydrogen-bond donors (Lipinski definition) is 3. The van der Waals surface area contributed by atoms with Crippen LogP contribution < -0.4 is 15.8 Å².